The standard InChI is InChI=1S/C18H27N5O2S.2ClH/c1-3-18(4-2,13-19)17(24)23-9-7-22(8-10-23)12-15-20-16(21-25-15)14-6-5-11-26-14;;/h5-6,11H,3-4,7-10,12-13,19H2,1-2H3;2*1H. The smallest absolute Gasteiger partial charge is 0.241 e. The number of carbonyl (C=O) groups excluding carboxylic acids is 1. The summed E-state index contributed by atoms with van der Waals surface area (Å²) in [6, 6.07) is 3.95. The zero-order chi connectivity index (χ0) is 18.6. The van der Waals surface area contributed by atoms with Gasteiger partial charge in [-0.2, -0.15) is 4.98 Å². The number of thiophene rings is 1. The van der Waals surface area contributed by atoms with Gasteiger partial charge in [-0.05, 0) is 24.3 Å². The molecule has 2 N–H and O–H groups in total. The first kappa shape index (κ1) is 24.8. The van der Waals surface area contributed by atoms with E-state index in [1.807, 2.05) is 36.3 Å². The molecule has 158 valence electrons. The number of hydrogen-bond donors (Lipinski definition) is 1. The van der Waals surface area contributed by atoms with Gasteiger partial charge in [-0.3, -0.25) is 9.69 Å². The molecule has 3 heterocycles. The Labute approximate surface area is 182 Å². The van der Waals surface area contributed by atoms with Crippen LogP contribution in [0.25, 0.3) is 10.7 Å². The second-order valence-corrected chi connectivity index (χ2v) is 7.70. The third-order valence-corrected chi connectivity index (χ3v) is 6.29. The summed E-state index contributed by atoms with van der Waals surface area (Å²) >= 11 is 1.59. The first-order valence-electron chi connectivity index (χ1n) is 9.20. The lowest BCUT2D eigenvalue weighted by Gasteiger charge is -2.40. The summed E-state index contributed by atoms with van der Waals surface area (Å²) in [5, 5.41) is 6.05. The van der Waals surface area contributed by atoms with Crippen molar-refractivity contribution in [3.05, 3.63) is 23.4 Å². The van der Waals surface area contributed by atoms with Gasteiger partial charge in [-0.1, -0.05) is 25.1 Å². The minimum atomic E-state index is -0.412. The van der Waals surface area contributed by atoms with E-state index < -0.39 is 5.41 Å². The van der Waals surface area contributed by atoms with E-state index in [1.54, 1.807) is 11.3 Å². The van der Waals surface area contributed by atoms with Gasteiger partial charge >= 0.3 is 0 Å². The number of nitrogens with two attached hydrogens (primary N) is 1. The van der Waals surface area contributed by atoms with Crippen molar-refractivity contribution < 1.29 is 9.32 Å². The normalized spacial score (nSPS) is 15.0. The summed E-state index contributed by atoms with van der Waals surface area (Å²) in [5.41, 5.74) is 5.51. The predicted octanol–water partition coefficient (Wildman–Crippen LogP) is 3.05. The van der Waals surface area contributed by atoms with E-state index in [2.05, 4.69) is 15.0 Å². The molecule has 7 nitrogen and oxygen atoms in total. The van der Waals surface area contributed by atoms with E-state index in [0.29, 0.717) is 37.9 Å². The van der Waals surface area contributed by atoms with E-state index in [9.17, 15) is 4.79 Å². The molecule has 28 heavy (non-hydrogen) atoms. The molecule has 1 saturated heterocycles. The largest absolute Gasteiger partial charge is 0.340 e. The van der Waals surface area contributed by atoms with Crippen LogP contribution in [0.15, 0.2) is 22.0 Å². The molecule has 1 aliphatic rings. The van der Waals surface area contributed by atoms with Gasteiger partial charge in [0.1, 0.15) is 0 Å². The highest BCUT2D eigenvalue weighted by Gasteiger charge is 2.37. The summed E-state index contributed by atoms with van der Waals surface area (Å²) in [6.45, 7) is 8.15. The van der Waals surface area contributed by atoms with Crippen molar-refractivity contribution in [2.45, 2.75) is 33.2 Å². The summed E-state index contributed by atoms with van der Waals surface area (Å²) in [4.78, 5) is 22.6. The van der Waals surface area contributed by atoms with Gasteiger partial charge in [0, 0.05) is 32.7 Å². The van der Waals surface area contributed by atoms with E-state index in [-0.39, 0.29) is 30.7 Å². The van der Waals surface area contributed by atoms with Gasteiger partial charge in [0.15, 0.2) is 0 Å². The molecule has 0 saturated carbocycles. The Hall–Kier alpha value is -1.19. The zero-order valence-electron chi connectivity index (χ0n) is 16.3. The fourth-order valence-electron chi connectivity index (χ4n) is 3.39. The van der Waals surface area contributed by atoms with Crippen LogP contribution in [0.3, 0.4) is 0 Å². The van der Waals surface area contributed by atoms with Crippen LogP contribution < -0.4 is 5.73 Å². The van der Waals surface area contributed by atoms with Crippen LogP contribution in [-0.4, -0.2) is 58.6 Å². The Kier molecular flexibility index (Phi) is 9.86. The highest BCUT2D eigenvalue weighted by Crippen LogP contribution is 2.28. The van der Waals surface area contributed by atoms with Crippen molar-refractivity contribution >= 4 is 42.1 Å². The van der Waals surface area contributed by atoms with Gasteiger partial charge in [0.25, 0.3) is 0 Å². The fourth-order valence-corrected chi connectivity index (χ4v) is 4.04. The number of nitrogens with zero attached hydrogens (tertiary/aromatic N) is 4. The van der Waals surface area contributed by atoms with Crippen molar-refractivity contribution in [1.29, 1.82) is 0 Å². The molecular formula is C18H29Cl2N5O2S. The molecule has 10 heteroatoms. The van der Waals surface area contributed by atoms with Crippen molar-refractivity contribution in [3.63, 3.8) is 0 Å². The topological polar surface area (TPSA) is 88.5 Å². The third kappa shape index (κ3) is 5.24. The molecule has 2 aromatic rings. The SMILES string of the molecule is CCC(CC)(CN)C(=O)N1CCN(Cc2nc(-c3cccs3)no2)CC1.Cl.Cl. The summed E-state index contributed by atoms with van der Waals surface area (Å²) < 4.78 is 5.38. The number of carbonyl (C=O) groups is 1. The van der Waals surface area contributed by atoms with Gasteiger partial charge in [0.05, 0.1) is 16.8 Å². The van der Waals surface area contributed by atoms with Crippen molar-refractivity contribution in [3.8, 4) is 10.7 Å². The van der Waals surface area contributed by atoms with Crippen LogP contribution in [0.5, 0.6) is 0 Å². The quantitative estimate of drug-likeness (QED) is 0.698. The lowest BCUT2D eigenvalue weighted by atomic mass is 9.81. The Balaban J connectivity index is 0.00000196. The first-order chi connectivity index (χ1) is 12.6. The minimum absolute atomic E-state index is 0. The van der Waals surface area contributed by atoms with Crippen molar-refractivity contribution in [2.24, 2.45) is 11.1 Å². The summed E-state index contributed by atoms with van der Waals surface area (Å²) in [5.74, 6) is 1.46. The van der Waals surface area contributed by atoms with Crippen LogP contribution in [-0.2, 0) is 11.3 Å². The maximum absolute atomic E-state index is 12.9. The van der Waals surface area contributed by atoms with Gasteiger partial charge in [0.2, 0.25) is 17.6 Å². The molecule has 0 spiro atoms. The molecule has 0 bridgehead atoms. The number of rotatable bonds is 7. The van der Waals surface area contributed by atoms with E-state index >= 15 is 0 Å². The Morgan fingerprint density at radius 2 is 1.93 bits per heavy atom. The highest BCUT2D eigenvalue weighted by atomic mass is 35.5. The Bertz CT molecular complexity index is 705. The second kappa shape index (κ2) is 11.1. The molecule has 1 amide bonds. The van der Waals surface area contributed by atoms with Crippen LogP contribution in [0, 0.1) is 5.41 Å². The molecule has 0 unspecified atom stereocenters. The predicted molar refractivity (Wildman–Crippen MR) is 116 cm³/mol. The van der Waals surface area contributed by atoms with Crippen LogP contribution >= 0.6 is 36.2 Å². The molecule has 1 fully saturated rings. The van der Waals surface area contributed by atoms with E-state index in [4.69, 9.17) is 10.3 Å². The Morgan fingerprint density at radius 3 is 2.46 bits per heavy atom. The molecule has 1 aliphatic heterocycles. The van der Waals surface area contributed by atoms with Crippen LogP contribution in [0.2, 0.25) is 0 Å². The molecule has 0 aromatic carbocycles. The molecule has 0 atom stereocenters. The number of piperazine rings is 1. The number of halogens is 2. The summed E-state index contributed by atoms with van der Waals surface area (Å²) in [7, 11) is 0. The van der Waals surface area contributed by atoms with E-state index in [1.165, 1.54) is 0 Å². The lowest BCUT2D eigenvalue weighted by Crippen LogP contribution is -2.54. The maximum Gasteiger partial charge on any atom is 0.241 e. The second-order valence-electron chi connectivity index (χ2n) is 6.75. The first-order valence-corrected chi connectivity index (χ1v) is 10.1. The zero-order valence-corrected chi connectivity index (χ0v) is 18.7. The Morgan fingerprint density at radius 1 is 1.25 bits per heavy atom. The van der Waals surface area contributed by atoms with Crippen LogP contribution in [0.4, 0.5) is 0 Å². The minimum Gasteiger partial charge on any atom is -0.340 e. The lowest BCUT2D eigenvalue weighted by molar-refractivity contribution is -0.144. The van der Waals surface area contributed by atoms with E-state index in [0.717, 1.165) is 30.8 Å². The maximum atomic E-state index is 12.9. The molecule has 0 radical (unpaired) electrons. The molecule has 0 aliphatic carbocycles. The van der Waals surface area contributed by atoms with Crippen LogP contribution in [0.1, 0.15) is 32.6 Å². The highest BCUT2D eigenvalue weighted by molar-refractivity contribution is 7.13. The van der Waals surface area contributed by atoms with Crippen molar-refractivity contribution in [2.75, 3.05) is 32.7 Å². The van der Waals surface area contributed by atoms with Gasteiger partial charge < -0.3 is 15.2 Å². The molecule has 2 aromatic heterocycles. The van der Waals surface area contributed by atoms with Crippen molar-refractivity contribution in [1.82, 2.24) is 19.9 Å². The fraction of sp³-hybridized carbons (Fsp3) is 0.611. The number of aromatic nitrogens is 2. The molecular weight excluding hydrogens is 421 g/mol. The summed E-state index contributed by atoms with van der Waals surface area (Å²) in [6.07, 6.45) is 1.57. The molecule has 3 rings (SSSR count). The van der Waals surface area contributed by atoms with Gasteiger partial charge in [-0.25, -0.2) is 0 Å². The number of amides is 1. The monoisotopic (exact) mass is 449 g/mol. The third-order valence-electron chi connectivity index (χ3n) is 5.43. The number of hydrogen-bond acceptors (Lipinski definition) is 7. The average molecular weight is 450 g/mol. The van der Waals surface area contributed by atoms with Gasteiger partial charge in [-0.15, -0.1) is 36.2 Å². The average Bonchev–Trinajstić information content (AvgIpc) is 3.36.